The normalized spacial score (nSPS) is 17.5. The summed E-state index contributed by atoms with van der Waals surface area (Å²) in [6, 6.07) is 18.8. The molecule has 5 aromatic rings. The molecule has 2 amide bonds. The quantitative estimate of drug-likeness (QED) is 0.172. The summed E-state index contributed by atoms with van der Waals surface area (Å²) in [6.07, 6.45) is 9.03. The van der Waals surface area contributed by atoms with Crippen LogP contribution in [0.5, 0.6) is 0 Å². The fourth-order valence-electron chi connectivity index (χ4n) is 6.87. The third kappa shape index (κ3) is 9.39. The number of aromatic amines is 2. The zero-order chi connectivity index (χ0) is 35.2. The number of H-pyrrole nitrogens is 2. The highest BCUT2D eigenvalue weighted by Crippen LogP contribution is 2.35. The molecule has 2 saturated heterocycles. The van der Waals surface area contributed by atoms with E-state index in [0.29, 0.717) is 13.1 Å². The Labute approximate surface area is 326 Å². The number of fused-ring (bicyclic) bond motifs is 2. The number of hydrogen-bond donors (Lipinski definition) is 2. The Morgan fingerprint density at radius 1 is 0.736 bits per heavy atom. The van der Waals surface area contributed by atoms with E-state index in [9.17, 15) is 9.59 Å². The molecule has 2 aliphatic rings. The average Bonchev–Trinajstić information content (AvgIpc) is 3.87. The van der Waals surface area contributed by atoms with Crippen LogP contribution in [-0.4, -0.2) is 66.2 Å². The standard InChI is InChI=1S/C40H46N6O4.CH4.2H2S/c1-39(2,3)49-37(47)45-19-7-9-33(45)35-41-24-32(44-35)29-17-16-27-21-25(13-15-28(27)23-29)11-12-26-14-18-30-31(22-26)43-36(42-30)34-10-8-20-46(34)38(48)50-40(4,5)6;;;/h11-18,21-24,33-34H,7-10,19-20H2,1-6H3,(H,41,44)(H,42,43);1H4;2*1H2/b12-11+;;;/t33-,34-;;;/m0.../s1. The maximum atomic E-state index is 12.8. The van der Waals surface area contributed by atoms with E-state index in [0.717, 1.165) is 81.5 Å². The minimum absolute atomic E-state index is 0. The summed E-state index contributed by atoms with van der Waals surface area (Å²) in [5.74, 6) is 1.58. The summed E-state index contributed by atoms with van der Waals surface area (Å²) in [6.45, 7) is 12.7. The summed E-state index contributed by atoms with van der Waals surface area (Å²) in [4.78, 5) is 45.7. The molecule has 2 atom stereocenters. The summed E-state index contributed by atoms with van der Waals surface area (Å²) in [5, 5.41) is 2.27. The molecule has 2 aliphatic heterocycles. The predicted molar refractivity (Wildman–Crippen MR) is 224 cm³/mol. The van der Waals surface area contributed by atoms with Gasteiger partial charge in [0.2, 0.25) is 0 Å². The third-order valence-corrected chi connectivity index (χ3v) is 9.16. The molecule has 0 unspecified atom stereocenters. The number of amides is 2. The first-order valence-corrected chi connectivity index (χ1v) is 17.6. The van der Waals surface area contributed by atoms with Gasteiger partial charge in [0.1, 0.15) is 22.9 Å². The molecule has 10 nitrogen and oxygen atoms in total. The van der Waals surface area contributed by atoms with Gasteiger partial charge in [-0.05, 0) is 113 Å². The van der Waals surface area contributed by atoms with E-state index in [1.165, 1.54) is 0 Å². The van der Waals surface area contributed by atoms with Crippen LogP contribution in [0.3, 0.4) is 0 Å². The minimum Gasteiger partial charge on any atom is -0.444 e. The van der Waals surface area contributed by atoms with Crippen molar-refractivity contribution in [1.82, 2.24) is 29.7 Å². The second-order valence-electron chi connectivity index (χ2n) is 15.4. The maximum absolute atomic E-state index is 12.8. The van der Waals surface area contributed by atoms with E-state index < -0.39 is 11.2 Å². The lowest BCUT2D eigenvalue weighted by molar-refractivity contribution is 0.0208. The summed E-state index contributed by atoms with van der Waals surface area (Å²) < 4.78 is 11.3. The largest absolute Gasteiger partial charge is 0.444 e. The average molecular weight is 759 g/mol. The first kappa shape index (κ1) is 41.3. The van der Waals surface area contributed by atoms with Gasteiger partial charge >= 0.3 is 12.2 Å². The lowest BCUT2D eigenvalue weighted by atomic mass is 10.0. The predicted octanol–water partition coefficient (Wildman–Crippen LogP) is 10.3. The summed E-state index contributed by atoms with van der Waals surface area (Å²) in [7, 11) is 0. The van der Waals surface area contributed by atoms with Gasteiger partial charge in [-0.2, -0.15) is 27.0 Å². The van der Waals surface area contributed by atoms with Crippen molar-refractivity contribution >= 4 is 73.1 Å². The smallest absolute Gasteiger partial charge is 0.410 e. The van der Waals surface area contributed by atoms with Crippen LogP contribution in [0, 0.1) is 0 Å². The number of hydrogen-bond acceptors (Lipinski definition) is 6. The molecule has 284 valence electrons. The van der Waals surface area contributed by atoms with Crippen LogP contribution in [0.1, 0.15) is 110 Å². The lowest BCUT2D eigenvalue weighted by Crippen LogP contribution is -2.36. The van der Waals surface area contributed by atoms with Crippen LogP contribution in [0.4, 0.5) is 9.59 Å². The highest BCUT2D eigenvalue weighted by Gasteiger charge is 2.36. The number of carbonyl (C=O) groups excluding carboxylic acids is 2. The molecule has 4 heterocycles. The van der Waals surface area contributed by atoms with E-state index in [2.05, 4.69) is 75.6 Å². The van der Waals surface area contributed by atoms with Gasteiger partial charge in [0.25, 0.3) is 0 Å². The van der Waals surface area contributed by atoms with Crippen molar-refractivity contribution in [1.29, 1.82) is 0 Å². The molecule has 0 aliphatic carbocycles. The Balaban J connectivity index is 0.00000209. The van der Waals surface area contributed by atoms with Crippen molar-refractivity contribution in [3.63, 3.8) is 0 Å². The van der Waals surface area contributed by atoms with Crippen molar-refractivity contribution in [3.05, 3.63) is 83.6 Å². The van der Waals surface area contributed by atoms with Crippen LogP contribution < -0.4 is 0 Å². The van der Waals surface area contributed by atoms with Crippen LogP contribution in [0.25, 0.3) is 45.2 Å². The molecule has 53 heavy (non-hydrogen) atoms. The van der Waals surface area contributed by atoms with Gasteiger partial charge in [-0.25, -0.2) is 19.6 Å². The molecule has 0 bridgehead atoms. The Hall–Kier alpha value is -4.42. The van der Waals surface area contributed by atoms with Crippen molar-refractivity contribution in [2.45, 2.75) is 97.9 Å². The van der Waals surface area contributed by atoms with Crippen LogP contribution in [0.2, 0.25) is 0 Å². The molecule has 0 radical (unpaired) electrons. The summed E-state index contributed by atoms with van der Waals surface area (Å²) in [5.41, 5.74) is 4.86. The minimum atomic E-state index is -0.539. The van der Waals surface area contributed by atoms with Crippen molar-refractivity contribution in [2.24, 2.45) is 0 Å². The van der Waals surface area contributed by atoms with Crippen molar-refractivity contribution in [3.8, 4) is 11.3 Å². The first-order chi connectivity index (χ1) is 23.8. The van der Waals surface area contributed by atoms with Crippen LogP contribution >= 0.6 is 27.0 Å². The lowest BCUT2D eigenvalue weighted by Gasteiger charge is -2.27. The van der Waals surface area contributed by atoms with E-state index in [1.807, 2.05) is 53.8 Å². The zero-order valence-corrected chi connectivity index (χ0v) is 32.7. The monoisotopic (exact) mass is 758 g/mol. The van der Waals surface area contributed by atoms with E-state index in [1.54, 1.807) is 9.80 Å². The third-order valence-electron chi connectivity index (χ3n) is 9.16. The number of likely N-dealkylation sites (tertiary alicyclic amines) is 2. The van der Waals surface area contributed by atoms with Gasteiger partial charge in [-0.15, -0.1) is 0 Å². The number of rotatable bonds is 5. The van der Waals surface area contributed by atoms with Gasteiger partial charge in [0.05, 0.1) is 35.0 Å². The number of imidazole rings is 2. The number of aromatic nitrogens is 4. The van der Waals surface area contributed by atoms with Gasteiger partial charge in [-0.1, -0.05) is 49.9 Å². The molecule has 0 saturated carbocycles. The molecule has 7 rings (SSSR count). The molecular weight excluding hydrogens is 705 g/mol. The second-order valence-corrected chi connectivity index (χ2v) is 15.4. The van der Waals surface area contributed by atoms with Crippen molar-refractivity contribution in [2.75, 3.05) is 13.1 Å². The van der Waals surface area contributed by atoms with Gasteiger partial charge < -0.3 is 19.4 Å². The Morgan fingerprint density at radius 2 is 1.28 bits per heavy atom. The first-order valence-electron chi connectivity index (χ1n) is 17.6. The topological polar surface area (TPSA) is 116 Å². The molecule has 3 aromatic carbocycles. The fourth-order valence-corrected chi connectivity index (χ4v) is 6.87. The van der Waals surface area contributed by atoms with Crippen LogP contribution in [-0.2, 0) is 9.47 Å². The van der Waals surface area contributed by atoms with E-state index in [-0.39, 0.29) is 58.7 Å². The molecule has 2 N–H and O–H groups in total. The Morgan fingerprint density at radius 3 is 1.91 bits per heavy atom. The molecule has 0 spiro atoms. The fraction of sp³-hybridized carbons (Fsp3) is 0.415. The van der Waals surface area contributed by atoms with Gasteiger partial charge in [0.15, 0.2) is 0 Å². The molecule has 2 fully saturated rings. The molecular formula is C41H54N6O4S2. The summed E-state index contributed by atoms with van der Waals surface area (Å²) >= 11 is 0. The Bertz CT molecular complexity index is 2090. The maximum Gasteiger partial charge on any atom is 0.410 e. The Kier molecular flexibility index (Phi) is 12.7. The number of ether oxygens (including phenoxy) is 2. The van der Waals surface area contributed by atoms with E-state index >= 15 is 0 Å². The number of carbonyl (C=O) groups is 2. The SMILES string of the molecule is C.CC(C)(C)OC(=O)N1CCC[C@H]1c1ncc(-c2ccc3cc(/C=C/c4ccc5nc([C@@H]6CCCN6C(=O)OC(C)(C)C)[nH]c5c4)ccc3c2)[nH]1.S.S. The number of benzene rings is 3. The highest BCUT2D eigenvalue weighted by molar-refractivity contribution is 7.59. The molecule has 12 heteroatoms. The number of nitrogens with one attached hydrogen (secondary N) is 2. The van der Waals surface area contributed by atoms with Gasteiger partial charge in [0, 0.05) is 18.7 Å². The van der Waals surface area contributed by atoms with Crippen molar-refractivity contribution < 1.29 is 19.1 Å². The van der Waals surface area contributed by atoms with Crippen LogP contribution in [0.15, 0.2) is 60.8 Å². The second kappa shape index (κ2) is 16.3. The van der Waals surface area contributed by atoms with Gasteiger partial charge in [-0.3, -0.25) is 9.80 Å². The van der Waals surface area contributed by atoms with E-state index in [4.69, 9.17) is 14.5 Å². The highest BCUT2D eigenvalue weighted by atomic mass is 32.1. The number of nitrogens with zero attached hydrogens (tertiary/aromatic N) is 4. The molecule has 2 aromatic heterocycles. The zero-order valence-electron chi connectivity index (χ0n) is 30.7.